The molecule has 0 aliphatic heterocycles. The van der Waals surface area contributed by atoms with E-state index < -0.39 is 0 Å². The van der Waals surface area contributed by atoms with E-state index in [1.165, 1.54) is 33.4 Å². The summed E-state index contributed by atoms with van der Waals surface area (Å²) in [5.74, 6) is 0. The highest BCUT2D eigenvalue weighted by molar-refractivity contribution is 5.80. The van der Waals surface area contributed by atoms with Gasteiger partial charge in [-0.25, -0.2) is 0 Å². The van der Waals surface area contributed by atoms with Crippen molar-refractivity contribution in [3.8, 4) is 11.1 Å². The highest BCUT2D eigenvalue weighted by atomic mass is 15.3. The smallest absolute Gasteiger partial charge is 0.0501 e. The summed E-state index contributed by atoms with van der Waals surface area (Å²) in [5, 5.41) is 0. The van der Waals surface area contributed by atoms with Crippen molar-refractivity contribution in [2.75, 3.05) is 41.9 Å². The van der Waals surface area contributed by atoms with Crippen LogP contribution in [0.1, 0.15) is 22.3 Å². The van der Waals surface area contributed by atoms with Gasteiger partial charge >= 0.3 is 0 Å². The van der Waals surface area contributed by atoms with Crippen LogP contribution >= 0.6 is 0 Å². The fraction of sp³-hybridized carbons (Fsp3) is 0.429. The van der Waals surface area contributed by atoms with E-state index in [1.54, 1.807) is 0 Å². The van der Waals surface area contributed by atoms with Gasteiger partial charge in [0.15, 0.2) is 0 Å². The van der Waals surface area contributed by atoms with E-state index in [-0.39, 0.29) is 0 Å². The topological polar surface area (TPSA) is 9.72 Å². The lowest BCUT2D eigenvalue weighted by Crippen LogP contribution is -2.30. The first-order chi connectivity index (χ1) is 11.5. The molecule has 0 fully saturated rings. The predicted octanol–water partition coefficient (Wildman–Crippen LogP) is 3.27. The Balaban J connectivity index is 2.00. The SMILES string of the molecule is CN(C)Cc1ccc(CN(C)CN(C)C)c2c1-c1ccccc1C2. The molecule has 0 atom stereocenters. The van der Waals surface area contributed by atoms with Crippen molar-refractivity contribution in [3.05, 3.63) is 58.7 Å². The van der Waals surface area contributed by atoms with Crippen LogP contribution in [0.15, 0.2) is 36.4 Å². The van der Waals surface area contributed by atoms with Gasteiger partial charge in [-0.2, -0.15) is 0 Å². The molecular weight excluding hydrogens is 294 g/mol. The molecule has 0 saturated carbocycles. The zero-order valence-corrected chi connectivity index (χ0v) is 15.6. The van der Waals surface area contributed by atoms with E-state index in [1.807, 2.05) is 0 Å². The van der Waals surface area contributed by atoms with Gasteiger partial charge in [0.2, 0.25) is 0 Å². The van der Waals surface area contributed by atoms with Crippen LogP contribution in [0.3, 0.4) is 0 Å². The minimum atomic E-state index is 0.973. The summed E-state index contributed by atoms with van der Waals surface area (Å²) >= 11 is 0. The van der Waals surface area contributed by atoms with Crippen LogP contribution in [0.2, 0.25) is 0 Å². The van der Waals surface area contributed by atoms with Gasteiger partial charge in [0, 0.05) is 13.1 Å². The Morgan fingerprint density at radius 3 is 2.21 bits per heavy atom. The molecule has 0 radical (unpaired) electrons. The number of nitrogens with zero attached hydrogens (tertiary/aromatic N) is 3. The fourth-order valence-electron chi connectivity index (χ4n) is 3.83. The zero-order chi connectivity index (χ0) is 17.3. The number of benzene rings is 2. The summed E-state index contributed by atoms with van der Waals surface area (Å²) in [5.41, 5.74) is 8.82. The molecule has 3 nitrogen and oxygen atoms in total. The Hall–Kier alpha value is -1.68. The normalized spacial score (nSPS) is 13.0. The summed E-state index contributed by atoms with van der Waals surface area (Å²) in [6, 6.07) is 13.6. The Labute approximate surface area is 146 Å². The van der Waals surface area contributed by atoms with Crippen molar-refractivity contribution in [1.82, 2.24) is 14.7 Å². The number of rotatable bonds is 6. The van der Waals surface area contributed by atoms with Gasteiger partial charge in [-0.3, -0.25) is 9.80 Å². The molecule has 0 amide bonds. The Morgan fingerprint density at radius 1 is 0.792 bits per heavy atom. The second-order valence-corrected chi connectivity index (χ2v) is 7.54. The first-order valence-electron chi connectivity index (χ1n) is 8.65. The first-order valence-corrected chi connectivity index (χ1v) is 8.65. The average Bonchev–Trinajstić information content (AvgIpc) is 2.88. The van der Waals surface area contributed by atoms with Gasteiger partial charge in [0.25, 0.3) is 0 Å². The zero-order valence-electron chi connectivity index (χ0n) is 15.6. The lowest BCUT2D eigenvalue weighted by molar-refractivity contribution is 0.204. The van der Waals surface area contributed by atoms with E-state index in [0.29, 0.717) is 0 Å². The molecule has 3 heteroatoms. The Morgan fingerprint density at radius 2 is 1.50 bits per heavy atom. The summed E-state index contributed by atoms with van der Waals surface area (Å²) in [6.07, 6.45) is 1.07. The molecular formula is C21H29N3. The molecule has 3 rings (SSSR count). The van der Waals surface area contributed by atoms with Crippen molar-refractivity contribution < 1.29 is 0 Å². The van der Waals surface area contributed by atoms with Gasteiger partial charge in [-0.05, 0) is 75.0 Å². The maximum atomic E-state index is 2.38. The van der Waals surface area contributed by atoms with E-state index in [2.05, 4.69) is 86.3 Å². The number of hydrogen-bond donors (Lipinski definition) is 0. The molecule has 0 unspecified atom stereocenters. The van der Waals surface area contributed by atoms with Crippen LogP contribution in [0.25, 0.3) is 11.1 Å². The summed E-state index contributed by atoms with van der Waals surface area (Å²) in [7, 11) is 10.7. The molecule has 1 aliphatic rings. The fourth-order valence-corrected chi connectivity index (χ4v) is 3.83. The lowest BCUT2D eigenvalue weighted by Gasteiger charge is -2.23. The number of hydrogen-bond acceptors (Lipinski definition) is 3. The standard InChI is InChI=1S/C21H29N3/c1-22(2)13-18-11-10-17(14-24(5)15-23(3)4)20-12-16-8-6-7-9-19(16)21(18)20/h6-11H,12-15H2,1-5H3. The minimum Gasteiger partial charge on any atom is -0.305 e. The van der Waals surface area contributed by atoms with Crippen molar-refractivity contribution >= 4 is 0 Å². The van der Waals surface area contributed by atoms with E-state index >= 15 is 0 Å². The van der Waals surface area contributed by atoms with Crippen molar-refractivity contribution in [1.29, 1.82) is 0 Å². The van der Waals surface area contributed by atoms with E-state index in [4.69, 9.17) is 0 Å². The third-order valence-corrected chi connectivity index (χ3v) is 4.60. The molecule has 2 aromatic carbocycles. The van der Waals surface area contributed by atoms with Crippen molar-refractivity contribution in [2.24, 2.45) is 0 Å². The van der Waals surface area contributed by atoms with E-state index in [0.717, 1.165) is 26.2 Å². The third kappa shape index (κ3) is 3.54. The molecule has 0 saturated heterocycles. The second-order valence-electron chi connectivity index (χ2n) is 7.54. The van der Waals surface area contributed by atoms with Gasteiger partial charge in [-0.1, -0.05) is 36.4 Å². The Bertz CT molecular complexity index is 719. The molecule has 0 N–H and O–H groups in total. The molecule has 1 aliphatic carbocycles. The third-order valence-electron chi connectivity index (χ3n) is 4.60. The molecule has 0 bridgehead atoms. The molecule has 0 spiro atoms. The molecule has 2 aromatic rings. The maximum absolute atomic E-state index is 2.38. The highest BCUT2D eigenvalue weighted by Gasteiger charge is 2.24. The molecule has 128 valence electrons. The maximum Gasteiger partial charge on any atom is 0.0501 e. The highest BCUT2D eigenvalue weighted by Crippen LogP contribution is 2.41. The quantitative estimate of drug-likeness (QED) is 0.645. The summed E-state index contributed by atoms with van der Waals surface area (Å²) < 4.78 is 0. The van der Waals surface area contributed by atoms with Crippen LogP contribution in [-0.2, 0) is 19.5 Å². The van der Waals surface area contributed by atoms with Crippen molar-refractivity contribution in [3.63, 3.8) is 0 Å². The van der Waals surface area contributed by atoms with Gasteiger partial charge < -0.3 is 4.90 Å². The average molecular weight is 323 g/mol. The van der Waals surface area contributed by atoms with E-state index in [9.17, 15) is 0 Å². The van der Waals surface area contributed by atoms with Gasteiger partial charge in [-0.15, -0.1) is 0 Å². The lowest BCUT2D eigenvalue weighted by atomic mass is 9.95. The molecule has 0 heterocycles. The minimum absolute atomic E-state index is 0.973. The van der Waals surface area contributed by atoms with Gasteiger partial charge in [0.1, 0.15) is 0 Å². The largest absolute Gasteiger partial charge is 0.305 e. The van der Waals surface area contributed by atoms with Crippen LogP contribution < -0.4 is 0 Å². The Kier molecular flexibility index (Phi) is 5.04. The summed E-state index contributed by atoms with van der Waals surface area (Å²) in [4.78, 5) is 6.86. The van der Waals surface area contributed by atoms with Crippen LogP contribution in [-0.4, -0.2) is 56.6 Å². The van der Waals surface area contributed by atoms with Gasteiger partial charge in [0.05, 0.1) is 6.67 Å². The summed E-state index contributed by atoms with van der Waals surface area (Å²) in [6.45, 7) is 2.96. The first kappa shape index (κ1) is 17.2. The van der Waals surface area contributed by atoms with Crippen LogP contribution in [0.5, 0.6) is 0 Å². The number of fused-ring (bicyclic) bond motifs is 3. The predicted molar refractivity (Wildman–Crippen MR) is 102 cm³/mol. The van der Waals surface area contributed by atoms with Crippen LogP contribution in [0, 0.1) is 0 Å². The monoisotopic (exact) mass is 323 g/mol. The van der Waals surface area contributed by atoms with Crippen LogP contribution in [0.4, 0.5) is 0 Å². The second kappa shape index (κ2) is 7.06. The van der Waals surface area contributed by atoms with Crippen molar-refractivity contribution in [2.45, 2.75) is 19.5 Å². The molecule has 24 heavy (non-hydrogen) atoms. The molecule has 0 aromatic heterocycles.